The molecule has 0 saturated heterocycles. The molecule has 90 valence electrons. The lowest BCUT2D eigenvalue weighted by molar-refractivity contribution is 0.263. The third-order valence-electron chi connectivity index (χ3n) is 2.66. The quantitative estimate of drug-likeness (QED) is 0.824. The number of hydrogen-bond acceptors (Lipinski definition) is 3. The number of hydrogen-bond donors (Lipinski definition) is 2. The van der Waals surface area contributed by atoms with Crippen molar-refractivity contribution in [2.24, 2.45) is 0 Å². The Morgan fingerprint density at radius 1 is 1.47 bits per heavy atom. The average Bonchev–Trinajstić information content (AvgIpc) is 2.70. The van der Waals surface area contributed by atoms with Crippen LogP contribution >= 0.6 is 12.2 Å². The summed E-state index contributed by atoms with van der Waals surface area (Å²) in [6.45, 7) is 1.72. The van der Waals surface area contributed by atoms with E-state index < -0.39 is 0 Å². The molecule has 1 aromatic heterocycles. The molecule has 0 bridgehead atoms. The first-order chi connectivity index (χ1) is 8.13. The summed E-state index contributed by atoms with van der Waals surface area (Å²) in [6, 6.07) is 6.07. The highest BCUT2D eigenvalue weighted by molar-refractivity contribution is 7.71. The third-order valence-corrected chi connectivity index (χ3v) is 2.95. The van der Waals surface area contributed by atoms with Crippen molar-refractivity contribution in [3.63, 3.8) is 0 Å². The van der Waals surface area contributed by atoms with Crippen LogP contribution in [-0.2, 0) is 6.61 Å². The molecule has 6 heteroatoms. The molecule has 17 heavy (non-hydrogen) atoms. The number of aromatic amines is 1. The summed E-state index contributed by atoms with van der Waals surface area (Å²) in [6.07, 6.45) is 0. The van der Waals surface area contributed by atoms with Crippen LogP contribution in [0.5, 0.6) is 0 Å². The first-order valence-corrected chi connectivity index (χ1v) is 5.56. The van der Waals surface area contributed by atoms with E-state index in [4.69, 9.17) is 17.3 Å². The molecule has 0 radical (unpaired) electrons. The van der Waals surface area contributed by atoms with Gasteiger partial charge in [-0.05, 0) is 36.8 Å². The Labute approximate surface area is 103 Å². The maximum absolute atomic E-state index is 12.8. The summed E-state index contributed by atoms with van der Waals surface area (Å²) in [5.74, 6) is 0.186. The first-order valence-electron chi connectivity index (χ1n) is 5.15. The summed E-state index contributed by atoms with van der Waals surface area (Å²) in [5, 5.41) is 15.7. The molecule has 0 saturated carbocycles. The molecule has 1 unspecified atom stereocenters. The van der Waals surface area contributed by atoms with Crippen molar-refractivity contribution < 1.29 is 9.50 Å². The Bertz CT molecular complexity index is 561. The number of benzene rings is 1. The lowest BCUT2D eigenvalue weighted by atomic mass is 10.1. The molecular weight excluding hydrogens is 241 g/mol. The Morgan fingerprint density at radius 2 is 2.12 bits per heavy atom. The second-order valence-electron chi connectivity index (χ2n) is 3.70. The topological polar surface area (TPSA) is 53.8 Å². The van der Waals surface area contributed by atoms with Crippen molar-refractivity contribution in [3.8, 4) is 0 Å². The molecule has 2 N–H and O–H groups in total. The second-order valence-corrected chi connectivity index (χ2v) is 4.09. The number of aromatic nitrogens is 3. The molecule has 0 fully saturated rings. The molecule has 1 aromatic carbocycles. The van der Waals surface area contributed by atoms with Crippen LogP contribution in [-0.4, -0.2) is 19.9 Å². The zero-order chi connectivity index (χ0) is 12.4. The minimum atomic E-state index is -0.279. The normalized spacial score (nSPS) is 12.6. The van der Waals surface area contributed by atoms with Crippen LogP contribution in [0.3, 0.4) is 0 Å². The SMILES string of the molecule is CC(c1ccc(F)cc1)n1c(CO)n[nH]c1=S. The third kappa shape index (κ3) is 2.27. The van der Waals surface area contributed by atoms with Gasteiger partial charge in [0.05, 0.1) is 6.04 Å². The van der Waals surface area contributed by atoms with Gasteiger partial charge in [-0.3, -0.25) is 9.67 Å². The zero-order valence-corrected chi connectivity index (χ0v) is 10.0. The summed E-state index contributed by atoms with van der Waals surface area (Å²) in [7, 11) is 0. The lowest BCUT2D eigenvalue weighted by Crippen LogP contribution is -2.11. The fraction of sp³-hybridized carbons (Fsp3) is 0.273. The zero-order valence-electron chi connectivity index (χ0n) is 9.22. The van der Waals surface area contributed by atoms with E-state index in [9.17, 15) is 4.39 Å². The molecule has 2 rings (SSSR count). The molecular formula is C11H12FN3OS. The van der Waals surface area contributed by atoms with E-state index in [0.717, 1.165) is 5.56 Å². The minimum absolute atomic E-state index is 0.107. The van der Waals surface area contributed by atoms with Gasteiger partial charge >= 0.3 is 0 Å². The number of halogens is 1. The van der Waals surface area contributed by atoms with Gasteiger partial charge in [-0.15, -0.1) is 0 Å². The van der Waals surface area contributed by atoms with Crippen molar-refractivity contribution in [1.82, 2.24) is 14.8 Å². The average molecular weight is 253 g/mol. The molecule has 0 aliphatic carbocycles. The monoisotopic (exact) mass is 253 g/mol. The maximum Gasteiger partial charge on any atom is 0.195 e. The molecule has 1 heterocycles. The van der Waals surface area contributed by atoms with Crippen LogP contribution < -0.4 is 0 Å². The van der Waals surface area contributed by atoms with Crippen LogP contribution in [0.4, 0.5) is 4.39 Å². The summed E-state index contributed by atoms with van der Waals surface area (Å²) in [4.78, 5) is 0. The van der Waals surface area contributed by atoms with Crippen LogP contribution in [0.15, 0.2) is 24.3 Å². The molecule has 2 aromatic rings. The van der Waals surface area contributed by atoms with Gasteiger partial charge in [0.25, 0.3) is 0 Å². The van der Waals surface area contributed by atoms with Gasteiger partial charge < -0.3 is 5.11 Å². The van der Waals surface area contributed by atoms with Gasteiger partial charge in [0.15, 0.2) is 10.6 Å². The molecule has 4 nitrogen and oxygen atoms in total. The number of nitrogens with zero attached hydrogens (tertiary/aromatic N) is 2. The highest BCUT2D eigenvalue weighted by atomic mass is 32.1. The van der Waals surface area contributed by atoms with Crippen molar-refractivity contribution in [1.29, 1.82) is 0 Å². The van der Waals surface area contributed by atoms with E-state index in [1.54, 1.807) is 16.7 Å². The second kappa shape index (κ2) is 4.77. The number of aliphatic hydroxyl groups is 1. The summed E-state index contributed by atoms with van der Waals surface area (Å²) >= 11 is 5.10. The fourth-order valence-corrected chi connectivity index (χ4v) is 2.05. The number of aliphatic hydroxyl groups excluding tert-OH is 1. The largest absolute Gasteiger partial charge is 0.388 e. The lowest BCUT2D eigenvalue weighted by Gasteiger charge is -2.15. The summed E-state index contributed by atoms with van der Waals surface area (Å²) in [5.41, 5.74) is 0.901. The van der Waals surface area contributed by atoms with Gasteiger partial charge in [0.1, 0.15) is 12.4 Å². The predicted molar refractivity (Wildman–Crippen MR) is 63.5 cm³/mol. The van der Waals surface area contributed by atoms with Gasteiger partial charge in [-0.1, -0.05) is 12.1 Å². The highest BCUT2D eigenvalue weighted by Gasteiger charge is 2.13. The maximum atomic E-state index is 12.8. The van der Waals surface area contributed by atoms with Crippen LogP contribution in [0.25, 0.3) is 0 Å². The first kappa shape index (κ1) is 11.9. The Kier molecular flexibility index (Phi) is 3.35. The van der Waals surface area contributed by atoms with E-state index in [1.165, 1.54) is 12.1 Å². The minimum Gasteiger partial charge on any atom is -0.388 e. The predicted octanol–water partition coefficient (Wildman–Crippen LogP) is 2.18. The Hall–Kier alpha value is -1.53. The van der Waals surface area contributed by atoms with E-state index in [-0.39, 0.29) is 18.5 Å². The van der Waals surface area contributed by atoms with Crippen LogP contribution in [0.1, 0.15) is 24.4 Å². The number of nitrogens with one attached hydrogen (secondary N) is 1. The van der Waals surface area contributed by atoms with Crippen molar-refractivity contribution >= 4 is 12.2 Å². The van der Waals surface area contributed by atoms with Gasteiger partial charge in [0, 0.05) is 0 Å². The van der Waals surface area contributed by atoms with Crippen molar-refractivity contribution in [3.05, 3.63) is 46.2 Å². The fourth-order valence-electron chi connectivity index (χ4n) is 1.74. The highest BCUT2D eigenvalue weighted by Crippen LogP contribution is 2.19. The molecule has 0 aliphatic heterocycles. The van der Waals surface area contributed by atoms with Crippen molar-refractivity contribution in [2.75, 3.05) is 0 Å². The summed E-state index contributed by atoms with van der Waals surface area (Å²) < 4.78 is 15.0. The Morgan fingerprint density at radius 3 is 2.71 bits per heavy atom. The van der Waals surface area contributed by atoms with E-state index in [2.05, 4.69) is 10.2 Å². The number of H-pyrrole nitrogens is 1. The molecule has 0 spiro atoms. The Balaban J connectivity index is 2.43. The van der Waals surface area contributed by atoms with E-state index >= 15 is 0 Å². The molecule has 0 amide bonds. The number of rotatable bonds is 3. The van der Waals surface area contributed by atoms with Gasteiger partial charge in [-0.25, -0.2) is 4.39 Å². The molecule has 1 atom stereocenters. The van der Waals surface area contributed by atoms with Crippen molar-refractivity contribution in [2.45, 2.75) is 19.6 Å². The van der Waals surface area contributed by atoms with Gasteiger partial charge in [0.2, 0.25) is 0 Å². The van der Waals surface area contributed by atoms with Crippen LogP contribution in [0, 0.1) is 10.6 Å². The van der Waals surface area contributed by atoms with E-state index in [1.807, 2.05) is 6.92 Å². The standard InChI is InChI=1S/C11H12FN3OS/c1-7(8-2-4-9(12)5-3-8)15-10(6-16)13-14-11(15)17/h2-5,7,16H,6H2,1H3,(H,14,17). The van der Waals surface area contributed by atoms with Crippen LogP contribution in [0.2, 0.25) is 0 Å². The molecule has 0 aliphatic rings. The smallest absolute Gasteiger partial charge is 0.195 e. The van der Waals surface area contributed by atoms with Gasteiger partial charge in [-0.2, -0.15) is 5.10 Å². The van der Waals surface area contributed by atoms with E-state index in [0.29, 0.717) is 10.6 Å².